The topological polar surface area (TPSA) is 54.4 Å². The van der Waals surface area contributed by atoms with Crippen LogP contribution in [-0.2, 0) is 10.1 Å². The van der Waals surface area contributed by atoms with Gasteiger partial charge in [-0.2, -0.15) is 8.42 Å². The number of aryl methyl sites for hydroxylation is 1. The molecular formula is C5H5BrO3S2. The third kappa shape index (κ3) is 1.81. The molecule has 0 atom stereocenters. The van der Waals surface area contributed by atoms with Crippen molar-refractivity contribution in [2.75, 3.05) is 0 Å². The first-order valence-electron chi connectivity index (χ1n) is 2.64. The van der Waals surface area contributed by atoms with Gasteiger partial charge in [0, 0.05) is 0 Å². The third-order valence-corrected chi connectivity index (χ3v) is 5.13. The summed E-state index contributed by atoms with van der Waals surface area (Å²) in [5.41, 5.74) is 0.808. The molecule has 1 rings (SSSR count). The molecule has 1 N–H and O–H groups in total. The van der Waals surface area contributed by atoms with Crippen molar-refractivity contribution in [2.45, 2.75) is 11.1 Å². The number of hydrogen-bond acceptors (Lipinski definition) is 3. The second kappa shape index (κ2) is 2.85. The van der Waals surface area contributed by atoms with Crippen LogP contribution in [-0.4, -0.2) is 13.0 Å². The van der Waals surface area contributed by atoms with Crippen LogP contribution < -0.4 is 0 Å². The van der Waals surface area contributed by atoms with Crippen molar-refractivity contribution in [3.8, 4) is 0 Å². The van der Waals surface area contributed by atoms with E-state index in [-0.39, 0.29) is 4.21 Å². The second-order valence-electron chi connectivity index (χ2n) is 2.00. The van der Waals surface area contributed by atoms with Crippen molar-refractivity contribution >= 4 is 37.4 Å². The Labute approximate surface area is 76.9 Å². The van der Waals surface area contributed by atoms with Gasteiger partial charge in [0.2, 0.25) is 0 Å². The summed E-state index contributed by atoms with van der Waals surface area (Å²) in [4.78, 5) is 0. The fourth-order valence-electron chi connectivity index (χ4n) is 0.580. The molecule has 1 aromatic heterocycles. The molecule has 0 radical (unpaired) electrons. The third-order valence-electron chi connectivity index (χ3n) is 1.10. The number of thiophene rings is 1. The molecule has 0 amide bonds. The minimum Gasteiger partial charge on any atom is -0.281 e. The molecule has 0 bridgehead atoms. The van der Waals surface area contributed by atoms with Crippen LogP contribution in [0.1, 0.15) is 5.56 Å². The van der Waals surface area contributed by atoms with E-state index in [1.165, 1.54) is 0 Å². The molecule has 6 heteroatoms. The first-order valence-corrected chi connectivity index (χ1v) is 5.75. The van der Waals surface area contributed by atoms with Crippen molar-refractivity contribution < 1.29 is 13.0 Å². The highest BCUT2D eigenvalue weighted by atomic mass is 79.9. The lowest BCUT2D eigenvalue weighted by atomic mass is 10.4. The van der Waals surface area contributed by atoms with Crippen LogP contribution >= 0.6 is 27.3 Å². The first kappa shape index (κ1) is 9.18. The zero-order valence-corrected chi connectivity index (χ0v) is 8.75. The van der Waals surface area contributed by atoms with Gasteiger partial charge >= 0.3 is 10.1 Å². The normalized spacial score (nSPS) is 11.9. The van der Waals surface area contributed by atoms with E-state index in [2.05, 4.69) is 15.9 Å². The summed E-state index contributed by atoms with van der Waals surface area (Å²) >= 11 is 4.06. The fraction of sp³-hybridized carbons (Fsp3) is 0.200. The van der Waals surface area contributed by atoms with E-state index in [9.17, 15) is 8.42 Å². The Morgan fingerprint density at radius 3 is 2.36 bits per heavy atom. The molecule has 0 aliphatic carbocycles. The SMILES string of the molecule is Cc1csc(S(=O)(=O)O)c1Br. The maximum Gasteiger partial charge on any atom is 0.305 e. The van der Waals surface area contributed by atoms with E-state index in [0.717, 1.165) is 16.9 Å². The molecule has 0 unspecified atom stereocenters. The maximum absolute atomic E-state index is 10.6. The van der Waals surface area contributed by atoms with Crippen LogP contribution in [0.25, 0.3) is 0 Å². The average molecular weight is 257 g/mol. The number of halogens is 1. The fourth-order valence-corrected chi connectivity index (χ4v) is 3.42. The van der Waals surface area contributed by atoms with Gasteiger partial charge in [0.25, 0.3) is 0 Å². The van der Waals surface area contributed by atoms with E-state index in [0.29, 0.717) is 4.47 Å². The second-order valence-corrected chi connectivity index (χ2v) is 5.28. The average Bonchev–Trinajstić information content (AvgIpc) is 2.11. The minimum absolute atomic E-state index is 0.0324. The maximum atomic E-state index is 10.6. The van der Waals surface area contributed by atoms with Crippen LogP contribution in [0.2, 0.25) is 0 Å². The van der Waals surface area contributed by atoms with Crippen LogP contribution in [0, 0.1) is 6.92 Å². The van der Waals surface area contributed by atoms with E-state index >= 15 is 0 Å². The van der Waals surface area contributed by atoms with Crippen LogP contribution in [0.4, 0.5) is 0 Å². The lowest BCUT2D eigenvalue weighted by Crippen LogP contribution is -1.94. The quantitative estimate of drug-likeness (QED) is 0.783. The summed E-state index contributed by atoms with van der Waals surface area (Å²) in [6.45, 7) is 1.76. The van der Waals surface area contributed by atoms with Gasteiger partial charge in [-0.15, -0.1) is 11.3 Å². The summed E-state index contributed by atoms with van der Waals surface area (Å²) in [7, 11) is -4.04. The van der Waals surface area contributed by atoms with Gasteiger partial charge in [-0.05, 0) is 33.8 Å². The molecule has 62 valence electrons. The Hall–Kier alpha value is 0.0900. The zero-order valence-electron chi connectivity index (χ0n) is 5.54. The van der Waals surface area contributed by atoms with Crippen LogP contribution in [0.15, 0.2) is 14.1 Å². The molecule has 11 heavy (non-hydrogen) atoms. The van der Waals surface area contributed by atoms with Gasteiger partial charge in [0.05, 0.1) is 4.47 Å². The van der Waals surface area contributed by atoms with Crippen LogP contribution in [0.5, 0.6) is 0 Å². The van der Waals surface area contributed by atoms with Crippen molar-refractivity contribution in [3.63, 3.8) is 0 Å². The van der Waals surface area contributed by atoms with Gasteiger partial charge in [-0.25, -0.2) is 0 Å². The standard InChI is InChI=1S/C5H5BrO3S2/c1-3-2-10-5(4(3)6)11(7,8)9/h2H,1H3,(H,7,8,9). The summed E-state index contributed by atoms with van der Waals surface area (Å²) in [6, 6.07) is 0. The molecule has 0 aliphatic rings. The van der Waals surface area contributed by atoms with Crippen molar-refractivity contribution in [3.05, 3.63) is 15.4 Å². The Morgan fingerprint density at radius 1 is 1.64 bits per heavy atom. The molecule has 0 aliphatic heterocycles. The van der Waals surface area contributed by atoms with E-state index in [1.807, 2.05) is 0 Å². The molecule has 3 nitrogen and oxygen atoms in total. The Balaban J connectivity index is 3.38. The molecule has 0 saturated carbocycles. The number of rotatable bonds is 1. The zero-order chi connectivity index (χ0) is 8.65. The summed E-state index contributed by atoms with van der Waals surface area (Å²) in [5.74, 6) is 0. The number of hydrogen-bond donors (Lipinski definition) is 1. The largest absolute Gasteiger partial charge is 0.305 e. The Kier molecular flexibility index (Phi) is 2.38. The Morgan fingerprint density at radius 2 is 2.18 bits per heavy atom. The van der Waals surface area contributed by atoms with Gasteiger partial charge in [0.1, 0.15) is 0 Å². The molecular weight excluding hydrogens is 252 g/mol. The lowest BCUT2D eigenvalue weighted by molar-refractivity contribution is 0.485. The predicted octanol–water partition coefficient (Wildman–Crippen LogP) is 2.07. The molecule has 1 heterocycles. The Bertz CT molecular complexity index is 365. The predicted molar refractivity (Wildman–Crippen MR) is 46.6 cm³/mol. The van der Waals surface area contributed by atoms with Crippen molar-refractivity contribution in [1.29, 1.82) is 0 Å². The lowest BCUT2D eigenvalue weighted by Gasteiger charge is -1.91. The summed E-state index contributed by atoms with van der Waals surface area (Å²) in [5, 5.41) is 1.66. The van der Waals surface area contributed by atoms with Crippen molar-refractivity contribution in [2.24, 2.45) is 0 Å². The molecule has 0 saturated heterocycles. The summed E-state index contributed by atoms with van der Waals surface area (Å²) < 4.78 is 30.3. The minimum atomic E-state index is -4.04. The van der Waals surface area contributed by atoms with E-state index < -0.39 is 10.1 Å². The smallest absolute Gasteiger partial charge is 0.281 e. The van der Waals surface area contributed by atoms with Crippen molar-refractivity contribution in [1.82, 2.24) is 0 Å². The van der Waals surface area contributed by atoms with Gasteiger partial charge in [-0.1, -0.05) is 0 Å². The van der Waals surface area contributed by atoms with Gasteiger partial charge < -0.3 is 0 Å². The molecule has 1 aromatic rings. The van der Waals surface area contributed by atoms with E-state index in [1.54, 1.807) is 12.3 Å². The highest BCUT2D eigenvalue weighted by Crippen LogP contribution is 2.31. The van der Waals surface area contributed by atoms with E-state index in [4.69, 9.17) is 4.55 Å². The molecule has 0 spiro atoms. The summed E-state index contributed by atoms with van der Waals surface area (Å²) in [6.07, 6.45) is 0. The molecule has 0 aromatic carbocycles. The highest BCUT2D eigenvalue weighted by Gasteiger charge is 2.17. The van der Waals surface area contributed by atoms with Crippen LogP contribution in [0.3, 0.4) is 0 Å². The van der Waals surface area contributed by atoms with Gasteiger partial charge in [-0.3, -0.25) is 4.55 Å². The monoisotopic (exact) mass is 256 g/mol. The first-order chi connectivity index (χ1) is 4.93. The van der Waals surface area contributed by atoms with Gasteiger partial charge in [0.15, 0.2) is 4.21 Å². The highest BCUT2D eigenvalue weighted by molar-refractivity contribution is 9.10. The molecule has 0 fully saturated rings.